The van der Waals surface area contributed by atoms with Crippen LogP contribution in [0.2, 0.25) is 0 Å². The number of hydrogen-bond donors (Lipinski definition) is 5. The molecule has 0 spiro atoms. The molecule has 7 nitrogen and oxygen atoms in total. The van der Waals surface area contributed by atoms with Crippen LogP contribution in [-0.4, -0.2) is 26.5 Å². The van der Waals surface area contributed by atoms with Crippen LogP contribution in [0.15, 0.2) is 0 Å². The Morgan fingerprint density at radius 2 is 1.29 bits per heavy atom. The topological polar surface area (TPSA) is 119 Å². The van der Waals surface area contributed by atoms with Crippen LogP contribution in [-0.2, 0) is 9.59 Å². The molecule has 14 heavy (non-hydrogen) atoms. The Morgan fingerprint density at radius 3 is 1.50 bits per heavy atom. The molecular weight excluding hydrogens is 211 g/mol. The molecule has 0 aliphatic carbocycles. The van der Waals surface area contributed by atoms with E-state index in [1.54, 1.807) is 10.2 Å². The molecule has 5 N–H and O–H groups in total. The fourth-order valence-electron chi connectivity index (χ4n) is 0.645. The quantitative estimate of drug-likeness (QED) is 0.400. The van der Waals surface area contributed by atoms with Gasteiger partial charge in [0.15, 0.2) is 0 Å². The summed E-state index contributed by atoms with van der Waals surface area (Å²) in [6, 6.07) is 0. The van der Waals surface area contributed by atoms with Crippen LogP contribution in [0.1, 0.15) is 26.7 Å². The third kappa shape index (κ3) is 5.08. The van der Waals surface area contributed by atoms with E-state index in [0.717, 1.165) is 0 Å². The molecule has 0 rings (SSSR count). The molecule has 0 aromatic carbocycles. The first-order valence-corrected chi connectivity index (χ1v) is 6.17. The Bertz CT molecular complexity index is 224. The van der Waals surface area contributed by atoms with Crippen molar-refractivity contribution in [3.05, 3.63) is 0 Å². The van der Waals surface area contributed by atoms with Crippen molar-refractivity contribution in [2.75, 3.05) is 0 Å². The number of carbonyl (C=O) groups excluding carboxylic acids is 2. The van der Waals surface area contributed by atoms with Gasteiger partial charge in [-0.2, -0.15) is 0 Å². The molecule has 0 aromatic heterocycles. The first-order chi connectivity index (χ1) is 6.18. The van der Waals surface area contributed by atoms with Crippen molar-refractivity contribution in [3.63, 3.8) is 0 Å². The minimum absolute atomic E-state index is 0.0401. The van der Waals surface area contributed by atoms with Gasteiger partial charge in [-0.05, 0) is 0 Å². The van der Waals surface area contributed by atoms with Gasteiger partial charge in [-0.25, -0.2) is 0 Å². The van der Waals surface area contributed by atoms with Gasteiger partial charge in [0, 0.05) is 0 Å². The van der Waals surface area contributed by atoms with Gasteiger partial charge in [0.2, 0.25) is 0 Å². The molecule has 2 amide bonds. The molecule has 0 fully saturated rings. The van der Waals surface area contributed by atoms with E-state index in [0.29, 0.717) is 0 Å². The molecule has 0 bridgehead atoms. The van der Waals surface area contributed by atoms with E-state index in [2.05, 4.69) is 0 Å². The predicted octanol–water partition coefficient (Wildman–Crippen LogP) is -0.856. The van der Waals surface area contributed by atoms with Crippen LogP contribution in [0, 0.1) is 0 Å². The van der Waals surface area contributed by atoms with Gasteiger partial charge >= 0.3 is 80.5 Å². The van der Waals surface area contributed by atoms with Crippen LogP contribution < -0.4 is 10.2 Å². The fourth-order valence-corrected chi connectivity index (χ4v) is 1.94. The maximum atomic E-state index is 10.8. The number of amides is 2. The van der Waals surface area contributed by atoms with Crippen LogP contribution in [0.5, 0.6) is 0 Å². The molecule has 0 heterocycles. The average Bonchev–Trinajstić information content (AvgIpc) is 2.01. The van der Waals surface area contributed by atoms with Crippen molar-refractivity contribution in [2.45, 2.75) is 26.7 Å². The number of rotatable bonds is 4. The van der Waals surface area contributed by atoms with Gasteiger partial charge in [0.05, 0.1) is 0 Å². The summed E-state index contributed by atoms with van der Waals surface area (Å²) in [5.74, 6) is -1.54. The summed E-state index contributed by atoms with van der Waals surface area (Å²) < 4.78 is 0. The van der Waals surface area contributed by atoms with Crippen molar-refractivity contribution in [1.29, 1.82) is 0 Å². The average molecular weight is 226 g/mol. The van der Waals surface area contributed by atoms with Gasteiger partial charge in [-0.15, -0.1) is 0 Å². The van der Waals surface area contributed by atoms with Crippen molar-refractivity contribution >= 4 is 19.4 Å². The molecular formula is C6H15N2O5P. The Kier molecular flexibility index (Phi) is 3.96. The van der Waals surface area contributed by atoms with Gasteiger partial charge < -0.3 is 0 Å². The summed E-state index contributed by atoms with van der Waals surface area (Å²) in [7, 11) is -5.54. The second-order valence-corrected chi connectivity index (χ2v) is 5.16. The van der Waals surface area contributed by atoms with Gasteiger partial charge in [-0.1, -0.05) is 0 Å². The fraction of sp³-hybridized carbons (Fsp3) is 0.667. The molecule has 84 valence electrons. The first kappa shape index (κ1) is 13.2. The third-order valence-electron chi connectivity index (χ3n) is 1.30. The van der Waals surface area contributed by atoms with Crippen molar-refractivity contribution in [3.8, 4) is 0 Å². The van der Waals surface area contributed by atoms with Gasteiger partial charge in [-0.3, -0.25) is 0 Å². The molecule has 0 saturated heterocycles. The van der Waals surface area contributed by atoms with Gasteiger partial charge in [0.25, 0.3) is 0 Å². The molecule has 0 aliphatic rings. The molecule has 0 aromatic rings. The van der Waals surface area contributed by atoms with Crippen molar-refractivity contribution in [1.82, 2.24) is 10.2 Å². The number of carbonyl (C=O) groups is 2. The summed E-state index contributed by atoms with van der Waals surface area (Å²) in [4.78, 5) is 49.1. The maximum absolute atomic E-state index is 10.8. The first-order valence-electron chi connectivity index (χ1n) is 4.08. The summed E-state index contributed by atoms with van der Waals surface area (Å²) in [6.07, 6.45) is -0.0802. The summed E-state index contributed by atoms with van der Waals surface area (Å²) in [6.45, 7) is 2.92. The second kappa shape index (κ2) is 4.18. The molecule has 0 aliphatic heterocycles. The summed E-state index contributed by atoms with van der Waals surface area (Å²) >= 11 is 0. The third-order valence-corrected chi connectivity index (χ3v) is 2.63. The Balaban J connectivity index is 4.51. The molecule has 0 saturated carbocycles. The van der Waals surface area contributed by atoms with Crippen LogP contribution in [0.25, 0.3) is 0 Å². The number of hydrogen-bond acceptors (Lipinski definition) is 5. The van der Waals surface area contributed by atoms with E-state index >= 15 is 0 Å². The van der Waals surface area contributed by atoms with Crippen LogP contribution in [0.3, 0.4) is 0 Å². The normalized spacial score (nSPS) is 13.9. The molecule has 8 heteroatoms. The number of nitrogens with one attached hydrogen (secondary N) is 2. The van der Waals surface area contributed by atoms with Crippen LogP contribution >= 0.6 is 7.59 Å². The minimum atomic E-state index is -5.54. The van der Waals surface area contributed by atoms with E-state index in [9.17, 15) is 9.59 Å². The van der Waals surface area contributed by atoms with E-state index in [1.807, 2.05) is 0 Å². The Hall–Kier alpha value is -0.750. The van der Waals surface area contributed by atoms with Crippen molar-refractivity contribution in [2.24, 2.45) is 0 Å². The molecule has 0 radical (unpaired) electrons. The summed E-state index contributed by atoms with van der Waals surface area (Å²) in [5, 5.41) is 3.15. The van der Waals surface area contributed by atoms with E-state index in [4.69, 9.17) is 14.7 Å². The summed E-state index contributed by atoms with van der Waals surface area (Å²) in [5.41, 5.74) is 0. The zero-order chi connectivity index (χ0) is 11.4. The van der Waals surface area contributed by atoms with Crippen molar-refractivity contribution < 1.29 is 24.3 Å². The Labute approximate surface area is 81.4 Å². The predicted molar refractivity (Wildman–Crippen MR) is 50.4 cm³/mol. The zero-order valence-electron chi connectivity index (χ0n) is 8.02. The standard InChI is InChI=1S/C6H15N2O5P/c1-3-5(9)7-14(11,12,13)8-6(10)4-2/h11-13H,3-4H2,1-2H3,(H,7,9)(H,8,10). The second-order valence-electron chi connectivity index (χ2n) is 2.76. The monoisotopic (exact) mass is 226 g/mol. The molecule has 0 atom stereocenters. The van der Waals surface area contributed by atoms with E-state index < -0.39 is 19.4 Å². The van der Waals surface area contributed by atoms with Crippen LogP contribution in [0.4, 0.5) is 0 Å². The van der Waals surface area contributed by atoms with Gasteiger partial charge in [0.1, 0.15) is 0 Å². The molecule has 0 unspecified atom stereocenters. The zero-order valence-corrected chi connectivity index (χ0v) is 8.91. The van der Waals surface area contributed by atoms with E-state index in [1.165, 1.54) is 13.8 Å². The van der Waals surface area contributed by atoms with E-state index in [-0.39, 0.29) is 12.8 Å². The Morgan fingerprint density at radius 1 is 1.00 bits per heavy atom. The SMILES string of the molecule is CCC(=O)NP(O)(O)(O)NC(=O)CC.